The second-order valence-corrected chi connectivity index (χ2v) is 4.96. The van der Waals surface area contributed by atoms with Crippen LogP contribution in [0.1, 0.15) is 25.3 Å². The zero-order chi connectivity index (χ0) is 14.4. The molecule has 108 valence electrons. The highest BCUT2D eigenvalue weighted by Gasteiger charge is 2.29. The molecule has 1 aromatic rings. The van der Waals surface area contributed by atoms with E-state index in [9.17, 15) is 9.59 Å². The smallest absolute Gasteiger partial charge is 0.310 e. The van der Waals surface area contributed by atoms with Crippen molar-refractivity contribution in [2.45, 2.75) is 26.2 Å². The number of ether oxygens (including phenoxy) is 1. The highest BCUT2D eigenvalue weighted by atomic mass is 16.5. The van der Waals surface area contributed by atoms with Crippen LogP contribution >= 0.6 is 0 Å². The Morgan fingerprint density at radius 2 is 2.15 bits per heavy atom. The Bertz CT molecular complexity index is 461. The molecule has 1 aliphatic heterocycles. The Hall–Kier alpha value is -1.91. The van der Waals surface area contributed by atoms with E-state index in [-0.39, 0.29) is 17.8 Å². The van der Waals surface area contributed by atoms with Gasteiger partial charge in [-0.1, -0.05) is 0 Å². The van der Waals surface area contributed by atoms with Gasteiger partial charge in [0.15, 0.2) is 0 Å². The summed E-state index contributed by atoms with van der Waals surface area (Å²) in [6, 6.07) is 3.68. The lowest BCUT2D eigenvalue weighted by molar-refractivity contribution is -0.151. The average Bonchev–Trinajstić information content (AvgIpc) is 2.48. The zero-order valence-electron chi connectivity index (χ0n) is 11.7. The Kier molecular flexibility index (Phi) is 5.09. The van der Waals surface area contributed by atoms with Crippen LogP contribution in [0.25, 0.3) is 0 Å². The van der Waals surface area contributed by atoms with Crippen LogP contribution in [-0.4, -0.2) is 41.5 Å². The number of aromatic nitrogens is 1. The van der Waals surface area contributed by atoms with Gasteiger partial charge in [0.25, 0.3) is 0 Å². The number of nitrogens with zero attached hydrogens (tertiary/aromatic N) is 2. The van der Waals surface area contributed by atoms with E-state index in [4.69, 9.17) is 4.74 Å². The number of hydrogen-bond donors (Lipinski definition) is 0. The van der Waals surface area contributed by atoms with Gasteiger partial charge in [-0.2, -0.15) is 0 Å². The third-order valence-electron chi connectivity index (χ3n) is 3.50. The fourth-order valence-electron chi connectivity index (χ4n) is 2.44. The number of piperidine rings is 1. The van der Waals surface area contributed by atoms with Gasteiger partial charge in [-0.25, -0.2) is 0 Å². The third-order valence-corrected chi connectivity index (χ3v) is 3.50. The fourth-order valence-corrected chi connectivity index (χ4v) is 2.44. The average molecular weight is 276 g/mol. The van der Waals surface area contributed by atoms with E-state index in [1.54, 1.807) is 24.2 Å². The van der Waals surface area contributed by atoms with E-state index in [0.29, 0.717) is 19.6 Å². The second kappa shape index (κ2) is 7.03. The molecule has 1 fully saturated rings. The molecule has 5 heteroatoms. The van der Waals surface area contributed by atoms with Gasteiger partial charge in [-0.05, 0) is 37.5 Å². The minimum atomic E-state index is -0.186. The molecule has 1 atom stereocenters. The van der Waals surface area contributed by atoms with Crippen LogP contribution in [0, 0.1) is 5.92 Å². The molecule has 1 aromatic heterocycles. The van der Waals surface area contributed by atoms with E-state index in [1.165, 1.54) is 0 Å². The van der Waals surface area contributed by atoms with Gasteiger partial charge in [0, 0.05) is 25.5 Å². The minimum absolute atomic E-state index is 0.0604. The van der Waals surface area contributed by atoms with Gasteiger partial charge in [0.05, 0.1) is 18.9 Å². The van der Waals surface area contributed by atoms with E-state index in [1.807, 2.05) is 12.1 Å². The van der Waals surface area contributed by atoms with E-state index >= 15 is 0 Å². The van der Waals surface area contributed by atoms with Gasteiger partial charge >= 0.3 is 5.97 Å². The predicted octanol–water partition coefficient (Wildman–Crippen LogP) is 1.43. The Labute approximate surface area is 118 Å². The van der Waals surface area contributed by atoms with Gasteiger partial charge in [-0.15, -0.1) is 0 Å². The third kappa shape index (κ3) is 3.79. The molecule has 5 nitrogen and oxygen atoms in total. The van der Waals surface area contributed by atoms with Crippen LogP contribution in [0.15, 0.2) is 24.5 Å². The Balaban J connectivity index is 1.91. The summed E-state index contributed by atoms with van der Waals surface area (Å²) in [6.07, 6.45) is 5.38. The number of amides is 1. The fraction of sp³-hybridized carbons (Fsp3) is 0.533. The maximum Gasteiger partial charge on any atom is 0.310 e. The van der Waals surface area contributed by atoms with Crippen LogP contribution in [0.4, 0.5) is 0 Å². The number of pyridine rings is 1. The van der Waals surface area contributed by atoms with Crippen molar-refractivity contribution in [1.82, 2.24) is 9.88 Å². The number of rotatable bonds is 4. The molecule has 2 heterocycles. The Morgan fingerprint density at radius 1 is 1.40 bits per heavy atom. The summed E-state index contributed by atoms with van der Waals surface area (Å²) in [5.41, 5.74) is 0.947. The standard InChI is InChI=1S/C15H20N2O3/c1-2-20-15(19)13-4-3-9-17(11-13)14(18)10-12-5-7-16-8-6-12/h5-8,13H,2-4,9-11H2,1H3/t13-/m0/s1. The first kappa shape index (κ1) is 14.5. The summed E-state index contributed by atoms with van der Waals surface area (Å²) >= 11 is 0. The summed E-state index contributed by atoms with van der Waals surface area (Å²) in [7, 11) is 0. The molecule has 0 unspecified atom stereocenters. The van der Waals surface area contributed by atoms with Crippen molar-refractivity contribution in [3.05, 3.63) is 30.1 Å². The lowest BCUT2D eigenvalue weighted by Crippen LogP contribution is -2.43. The first-order chi connectivity index (χ1) is 9.70. The lowest BCUT2D eigenvalue weighted by Gasteiger charge is -2.31. The van der Waals surface area contributed by atoms with E-state index in [2.05, 4.69) is 4.98 Å². The molecular weight excluding hydrogens is 256 g/mol. The number of likely N-dealkylation sites (tertiary alicyclic amines) is 1. The number of carbonyl (C=O) groups is 2. The normalized spacial score (nSPS) is 18.6. The monoisotopic (exact) mass is 276 g/mol. The van der Waals surface area contributed by atoms with Crippen molar-refractivity contribution in [2.75, 3.05) is 19.7 Å². The van der Waals surface area contributed by atoms with Crippen molar-refractivity contribution in [2.24, 2.45) is 5.92 Å². The molecule has 1 aliphatic rings. The molecule has 1 amide bonds. The largest absolute Gasteiger partial charge is 0.466 e. The predicted molar refractivity (Wildman–Crippen MR) is 73.9 cm³/mol. The highest BCUT2D eigenvalue weighted by Crippen LogP contribution is 2.18. The van der Waals surface area contributed by atoms with Crippen LogP contribution in [-0.2, 0) is 20.7 Å². The van der Waals surface area contributed by atoms with Crippen molar-refractivity contribution < 1.29 is 14.3 Å². The van der Waals surface area contributed by atoms with Crippen molar-refractivity contribution in [3.63, 3.8) is 0 Å². The van der Waals surface area contributed by atoms with E-state index in [0.717, 1.165) is 24.9 Å². The van der Waals surface area contributed by atoms with Crippen LogP contribution < -0.4 is 0 Å². The van der Waals surface area contributed by atoms with Gasteiger partial charge in [0.1, 0.15) is 0 Å². The maximum atomic E-state index is 12.2. The maximum absolute atomic E-state index is 12.2. The summed E-state index contributed by atoms with van der Waals surface area (Å²) in [4.78, 5) is 29.7. The number of carbonyl (C=O) groups excluding carboxylic acids is 2. The molecule has 0 aliphatic carbocycles. The minimum Gasteiger partial charge on any atom is -0.466 e. The highest BCUT2D eigenvalue weighted by molar-refractivity contribution is 5.80. The first-order valence-electron chi connectivity index (χ1n) is 7.04. The molecule has 0 radical (unpaired) electrons. The summed E-state index contributed by atoms with van der Waals surface area (Å²) in [5.74, 6) is -0.302. The topological polar surface area (TPSA) is 59.5 Å². The zero-order valence-corrected chi connectivity index (χ0v) is 11.7. The van der Waals surface area contributed by atoms with Crippen molar-refractivity contribution in [3.8, 4) is 0 Å². The van der Waals surface area contributed by atoms with E-state index < -0.39 is 0 Å². The first-order valence-corrected chi connectivity index (χ1v) is 7.04. The van der Waals surface area contributed by atoms with Gasteiger partial charge in [0.2, 0.25) is 5.91 Å². The Morgan fingerprint density at radius 3 is 2.85 bits per heavy atom. The molecule has 0 aromatic carbocycles. The van der Waals surface area contributed by atoms with Gasteiger partial charge < -0.3 is 9.64 Å². The molecule has 0 saturated carbocycles. The molecule has 20 heavy (non-hydrogen) atoms. The summed E-state index contributed by atoms with van der Waals surface area (Å²) < 4.78 is 5.04. The molecule has 1 saturated heterocycles. The van der Waals surface area contributed by atoms with Crippen LogP contribution in [0.2, 0.25) is 0 Å². The lowest BCUT2D eigenvalue weighted by atomic mass is 9.97. The quantitative estimate of drug-likeness (QED) is 0.780. The SMILES string of the molecule is CCOC(=O)[C@H]1CCCN(C(=O)Cc2ccncc2)C1. The van der Waals surface area contributed by atoms with Crippen molar-refractivity contribution >= 4 is 11.9 Å². The van der Waals surface area contributed by atoms with Gasteiger partial charge in [-0.3, -0.25) is 14.6 Å². The molecule has 0 bridgehead atoms. The molecule has 2 rings (SSSR count). The van der Waals surface area contributed by atoms with Crippen LogP contribution in [0.3, 0.4) is 0 Å². The number of esters is 1. The molecule has 0 spiro atoms. The molecule has 0 N–H and O–H groups in total. The molecular formula is C15H20N2O3. The summed E-state index contributed by atoms with van der Waals surface area (Å²) in [5, 5.41) is 0. The second-order valence-electron chi connectivity index (χ2n) is 4.96. The van der Waals surface area contributed by atoms with Crippen LogP contribution in [0.5, 0.6) is 0 Å². The van der Waals surface area contributed by atoms with Crippen molar-refractivity contribution in [1.29, 1.82) is 0 Å². The number of hydrogen-bond acceptors (Lipinski definition) is 4. The summed E-state index contributed by atoms with van der Waals surface area (Å²) in [6.45, 7) is 3.38.